The van der Waals surface area contributed by atoms with E-state index in [1.807, 2.05) is 32.0 Å². The molecule has 0 aromatic heterocycles. The van der Waals surface area contributed by atoms with Crippen LogP contribution in [0.3, 0.4) is 0 Å². The summed E-state index contributed by atoms with van der Waals surface area (Å²) in [6.07, 6.45) is 0. The number of likely N-dealkylation sites (N-methyl/N-ethyl adjacent to an activating group) is 1. The average molecular weight is 444 g/mol. The second-order valence-corrected chi connectivity index (χ2v) is 7.43. The van der Waals surface area contributed by atoms with Gasteiger partial charge in [0.25, 0.3) is 0 Å². The Morgan fingerprint density at radius 2 is 1.88 bits per heavy atom. The van der Waals surface area contributed by atoms with Crippen LogP contribution in [-0.2, 0) is 9.53 Å². The van der Waals surface area contributed by atoms with E-state index in [0.29, 0.717) is 6.07 Å². The summed E-state index contributed by atoms with van der Waals surface area (Å²) in [5, 5.41) is 2.88. The van der Waals surface area contributed by atoms with E-state index in [-0.39, 0.29) is 36.8 Å². The van der Waals surface area contributed by atoms with Gasteiger partial charge in [0.2, 0.25) is 0 Å². The van der Waals surface area contributed by atoms with E-state index in [4.69, 9.17) is 9.47 Å². The second kappa shape index (κ2) is 9.80. The molecule has 0 saturated heterocycles. The Balaban J connectivity index is 2.11. The lowest BCUT2D eigenvalue weighted by Gasteiger charge is -2.36. The quantitative estimate of drug-likeness (QED) is 0.636. The van der Waals surface area contributed by atoms with E-state index in [0.717, 1.165) is 28.8 Å². The fraction of sp³-hybridized carbons (Fsp3) is 0.333. The molecule has 1 aliphatic heterocycles. The number of nitrogens with one attached hydrogen (secondary N) is 1. The molecular formula is C24H26F2N2O4. The van der Waals surface area contributed by atoms with Crippen LogP contribution in [0.1, 0.15) is 36.6 Å². The van der Waals surface area contributed by atoms with Crippen molar-refractivity contribution in [3.63, 3.8) is 0 Å². The minimum absolute atomic E-state index is 0.142. The van der Waals surface area contributed by atoms with E-state index in [1.165, 1.54) is 4.90 Å². The predicted molar refractivity (Wildman–Crippen MR) is 115 cm³/mol. The summed E-state index contributed by atoms with van der Waals surface area (Å²) in [7, 11) is 0. The standard InChI is InChI=1S/C24H26F2N2O4/c1-5-28-19(13-32-20-10-8-16(25)12-18(20)26)21(23(29)31-6-2)22(27-24(28)30)17-9-7-14(3)11-15(17)4/h7-12,22H,5-6,13H2,1-4H3,(H,27,30). The van der Waals surface area contributed by atoms with Gasteiger partial charge < -0.3 is 14.8 Å². The molecule has 2 aromatic rings. The van der Waals surface area contributed by atoms with Crippen molar-refractivity contribution in [3.8, 4) is 5.75 Å². The summed E-state index contributed by atoms with van der Waals surface area (Å²) in [6.45, 7) is 7.40. The van der Waals surface area contributed by atoms with Crippen molar-refractivity contribution in [2.45, 2.75) is 33.7 Å². The molecule has 0 fully saturated rings. The van der Waals surface area contributed by atoms with Crippen LogP contribution in [-0.4, -0.2) is 36.7 Å². The third-order valence-electron chi connectivity index (χ3n) is 5.24. The zero-order chi connectivity index (χ0) is 23.4. The van der Waals surface area contributed by atoms with Crippen molar-refractivity contribution in [3.05, 3.63) is 76.0 Å². The normalized spacial score (nSPS) is 16.1. The Hall–Kier alpha value is -3.42. The molecule has 1 atom stereocenters. The summed E-state index contributed by atoms with van der Waals surface area (Å²) >= 11 is 0. The highest BCUT2D eigenvalue weighted by molar-refractivity contribution is 5.95. The lowest BCUT2D eigenvalue weighted by molar-refractivity contribution is -0.139. The monoisotopic (exact) mass is 444 g/mol. The molecule has 0 saturated carbocycles. The Morgan fingerprint density at radius 1 is 1.12 bits per heavy atom. The van der Waals surface area contributed by atoms with Crippen LogP contribution in [0.15, 0.2) is 47.7 Å². The minimum Gasteiger partial charge on any atom is -0.484 e. The molecule has 0 bridgehead atoms. The molecule has 170 valence electrons. The molecule has 0 radical (unpaired) electrons. The van der Waals surface area contributed by atoms with Gasteiger partial charge in [-0.25, -0.2) is 18.4 Å². The summed E-state index contributed by atoms with van der Waals surface area (Å²) in [5.41, 5.74) is 3.16. The maximum absolute atomic E-state index is 14.1. The van der Waals surface area contributed by atoms with Gasteiger partial charge in [0.05, 0.1) is 23.9 Å². The van der Waals surface area contributed by atoms with Gasteiger partial charge >= 0.3 is 12.0 Å². The van der Waals surface area contributed by atoms with Crippen molar-refractivity contribution in [1.29, 1.82) is 0 Å². The highest BCUT2D eigenvalue weighted by Crippen LogP contribution is 2.34. The van der Waals surface area contributed by atoms with Crippen LogP contribution in [0, 0.1) is 25.5 Å². The number of benzene rings is 2. The minimum atomic E-state index is -0.877. The first kappa shape index (κ1) is 23.2. The maximum atomic E-state index is 14.1. The summed E-state index contributed by atoms with van der Waals surface area (Å²) in [5.74, 6) is -2.40. The zero-order valence-corrected chi connectivity index (χ0v) is 18.5. The Labute approximate surface area is 185 Å². The first-order chi connectivity index (χ1) is 15.3. The Bertz CT molecular complexity index is 1070. The molecule has 1 heterocycles. The number of amides is 2. The zero-order valence-electron chi connectivity index (χ0n) is 18.5. The van der Waals surface area contributed by atoms with Crippen molar-refractivity contribution in [2.24, 2.45) is 0 Å². The number of hydrogen-bond donors (Lipinski definition) is 1. The van der Waals surface area contributed by atoms with Crippen LogP contribution in [0.25, 0.3) is 0 Å². The molecule has 32 heavy (non-hydrogen) atoms. The third-order valence-corrected chi connectivity index (χ3v) is 5.24. The van der Waals surface area contributed by atoms with Gasteiger partial charge in [0.15, 0.2) is 11.6 Å². The van der Waals surface area contributed by atoms with E-state index < -0.39 is 29.7 Å². The lowest BCUT2D eigenvalue weighted by atomic mass is 9.91. The summed E-state index contributed by atoms with van der Waals surface area (Å²) < 4.78 is 38.2. The molecule has 2 aromatic carbocycles. The van der Waals surface area contributed by atoms with E-state index in [2.05, 4.69) is 5.32 Å². The molecule has 3 rings (SSSR count). The largest absolute Gasteiger partial charge is 0.484 e. The number of aryl methyl sites for hydroxylation is 2. The smallest absolute Gasteiger partial charge is 0.338 e. The van der Waals surface area contributed by atoms with Gasteiger partial charge in [-0.05, 0) is 51.0 Å². The molecule has 1 unspecified atom stereocenters. The molecule has 0 aliphatic carbocycles. The molecule has 1 N–H and O–H groups in total. The number of ether oxygens (including phenoxy) is 2. The number of urea groups is 1. The van der Waals surface area contributed by atoms with Gasteiger partial charge in [-0.15, -0.1) is 0 Å². The van der Waals surface area contributed by atoms with Gasteiger partial charge in [-0.3, -0.25) is 4.90 Å². The number of halogens is 2. The van der Waals surface area contributed by atoms with Gasteiger partial charge in [0.1, 0.15) is 12.4 Å². The van der Waals surface area contributed by atoms with Crippen molar-refractivity contribution < 1.29 is 27.8 Å². The van der Waals surface area contributed by atoms with Crippen molar-refractivity contribution in [1.82, 2.24) is 10.2 Å². The summed E-state index contributed by atoms with van der Waals surface area (Å²) in [4.78, 5) is 27.3. The topological polar surface area (TPSA) is 67.9 Å². The second-order valence-electron chi connectivity index (χ2n) is 7.43. The van der Waals surface area contributed by atoms with E-state index in [9.17, 15) is 18.4 Å². The number of nitrogens with zero attached hydrogens (tertiary/aromatic N) is 1. The van der Waals surface area contributed by atoms with Crippen LogP contribution in [0.4, 0.5) is 13.6 Å². The third kappa shape index (κ3) is 4.74. The Morgan fingerprint density at radius 3 is 2.50 bits per heavy atom. The molecule has 2 amide bonds. The highest BCUT2D eigenvalue weighted by Gasteiger charge is 2.38. The van der Waals surface area contributed by atoms with Gasteiger partial charge in [0, 0.05) is 12.6 Å². The van der Waals surface area contributed by atoms with Gasteiger partial charge in [-0.2, -0.15) is 0 Å². The molecule has 1 aliphatic rings. The molecule has 0 spiro atoms. The first-order valence-corrected chi connectivity index (χ1v) is 10.4. The predicted octanol–water partition coefficient (Wildman–Crippen LogP) is 4.56. The molecular weight excluding hydrogens is 418 g/mol. The van der Waals surface area contributed by atoms with Crippen molar-refractivity contribution in [2.75, 3.05) is 19.8 Å². The number of carbonyl (C=O) groups excluding carboxylic acids is 2. The van der Waals surface area contributed by atoms with Crippen LogP contribution in [0.2, 0.25) is 0 Å². The lowest BCUT2D eigenvalue weighted by Crippen LogP contribution is -2.49. The van der Waals surface area contributed by atoms with Crippen LogP contribution in [0.5, 0.6) is 5.75 Å². The maximum Gasteiger partial charge on any atom is 0.338 e. The van der Waals surface area contributed by atoms with Crippen LogP contribution < -0.4 is 10.1 Å². The van der Waals surface area contributed by atoms with E-state index in [1.54, 1.807) is 13.8 Å². The van der Waals surface area contributed by atoms with Crippen LogP contribution >= 0.6 is 0 Å². The number of rotatable bonds is 7. The van der Waals surface area contributed by atoms with Gasteiger partial charge in [-0.1, -0.05) is 23.8 Å². The Kier molecular flexibility index (Phi) is 7.12. The number of esters is 1. The molecule has 6 nitrogen and oxygen atoms in total. The highest BCUT2D eigenvalue weighted by atomic mass is 19.1. The SMILES string of the molecule is CCOC(=O)C1=C(COc2ccc(F)cc2F)N(CC)C(=O)NC1c1ccc(C)cc1C. The number of hydrogen-bond acceptors (Lipinski definition) is 4. The van der Waals surface area contributed by atoms with E-state index >= 15 is 0 Å². The summed E-state index contributed by atoms with van der Waals surface area (Å²) in [6, 6.07) is 7.48. The fourth-order valence-electron chi connectivity index (χ4n) is 3.76. The molecule has 8 heteroatoms. The first-order valence-electron chi connectivity index (χ1n) is 10.4. The number of carbonyl (C=O) groups is 2. The fourth-order valence-corrected chi connectivity index (χ4v) is 3.76. The van der Waals surface area contributed by atoms with Crippen molar-refractivity contribution >= 4 is 12.0 Å². The average Bonchev–Trinajstić information content (AvgIpc) is 2.73.